The molecule has 0 radical (unpaired) electrons. The van der Waals surface area contributed by atoms with Gasteiger partial charge in [-0.1, -0.05) is 0 Å². The number of nitrogens with zero attached hydrogens (tertiary/aromatic N) is 1. The Kier molecular flexibility index (Phi) is 3.32. The zero-order valence-corrected chi connectivity index (χ0v) is 6.89. The van der Waals surface area contributed by atoms with E-state index in [9.17, 15) is 4.79 Å². The fourth-order valence-corrected chi connectivity index (χ4v) is 1.18. The molecule has 2 N–H and O–H groups in total. The van der Waals surface area contributed by atoms with Gasteiger partial charge in [0.05, 0.1) is 13.2 Å². The second-order valence-corrected chi connectivity index (χ2v) is 2.70. The van der Waals surface area contributed by atoms with Crippen molar-refractivity contribution in [3.63, 3.8) is 0 Å². The van der Waals surface area contributed by atoms with Crippen molar-refractivity contribution in [2.24, 2.45) is 0 Å². The molecule has 0 saturated carbocycles. The molecular formula is C7H15N3O. The van der Waals surface area contributed by atoms with Crippen molar-refractivity contribution < 1.29 is 4.79 Å². The largest absolute Gasteiger partial charge is 0.329 e. The molecule has 1 fully saturated rings. The first-order chi connectivity index (χ1) is 5.34. The molecule has 0 atom stereocenters. The molecule has 0 aliphatic carbocycles. The van der Waals surface area contributed by atoms with Gasteiger partial charge in [-0.2, -0.15) is 0 Å². The third-order valence-corrected chi connectivity index (χ3v) is 1.76. The van der Waals surface area contributed by atoms with Crippen LogP contribution >= 0.6 is 0 Å². The molecule has 4 heteroatoms. The summed E-state index contributed by atoms with van der Waals surface area (Å²) in [6.07, 6.45) is 1.05. The molecule has 0 unspecified atom stereocenters. The molecule has 0 spiro atoms. The van der Waals surface area contributed by atoms with Crippen molar-refractivity contribution in [3.8, 4) is 0 Å². The average Bonchev–Trinajstić information content (AvgIpc) is 2.18. The molecule has 1 saturated heterocycles. The van der Waals surface area contributed by atoms with Gasteiger partial charge < -0.3 is 15.5 Å². The Morgan fingerprint density at radius 2 is 2.55 bits per heavy atom. The van der Waals surface area contributed by atoms with Crippen molar-refractivity contribution in [2.45, 2.75) is 6.42 Å². The number of amides is 1. The van der Waals surface area contributed by atoms with Crippen molar-refractivity contribution in [1.29, 1.82) is 0 Å². The summed E-state index contributed by atoms with van der Waals surface area (Å²) in [7, 11) is 1.85. The Morgan fingerprint density at radius 1 is 1.73 bits per heavy atom. The van der Waals surface area contributed by atoms with Crippen LogP contribution in [0.2, 0.25) is 0 Å². The molecule has 1 aliphatic rings. The van der Waals surface area contributed by atoms with Gasteiger partial charge >= 0.3 is 0 Å². The molecule has 0 bridgehead atoms. The molecule has 0 aromatic heterocycles. The summed E-state index contributed by atoms with van der Waals surface area (Å²) < 4.78 is 0. The summed E-state index contributed by atoms with van der Waals surface area (Å²) in [6, 6.07) is 0. The standard InChI is InChI=1S/C7H15N3O/c1-8-6-10-4-2-3-9-5-7(10)11/h8-9H,2-6H2,1H3. The van der Waals surface area contributed by atoms with E-state index in [0.717, 1.165) is 19.5 Å². The zero-order chi connectivity index (χ0) is 8.10. The number of nitrogens with one attached hydrogen (secondary N) is 2. The van der Waals surface area contributed by atoms with E-state index in [4.69, 9.17) is 0 Å². The highest BCUT2D eigenvalue weighted by Gasteiger charge is 2.14. The lowest BCUT2D eigenvalue weighted by atomic mass is 10.4. The topological polar surface area (TPSA) is 44.4 Å². The van der Waals surface area contributed by atoms with Gasteiger partial charge in [-0.15, -0.1) is 0 Å². The van der Waals surface area contributed by atoms with Crippen LogP contribution in [0.5, 0.6) is 0 Å². The maximum atomic E-state index is 11.2. The lowest BCUT2D eigenvalue weighted by Crippen LogP contribution is -2.39. The second kappa shape index (κ2) is 4.31. The second-order valence-electron chi connectivity index (χ2n) is 2.70. The number of hydrogen-bond acceptors (Lipinski definition) is 3. The van der Waals surface area contributed by atoms with E-state index in [-0.39, 0.29) is 5.91 Å². The summed E-state index contributed by atoms with van der Waals surface area (Å²) in [5, 5.41) is 6.04. The SMILES string of the molecule is CNCN1CCCNCC1=O. The monoisotopic (exact) mass is 157 g/mol. The van der Waals surface area contributed by atoms with Gasteiger partial charge in [0.2, 0.25) is 5.91 Å². The smallest absolute Gasteiger partial charge is 0.237 e. The number of carbonyl (C=O) groups is 1. The van der Waals surface area contributed by atoms with Gasteiger partial charge in [-0.3, -0.25) is 4.79 Å². The highest BCUT2D eigenvalue weighted by molar-refractivity contribution is 5.78. The maximum absolute atomic E-state index is 11.2. The zero-order valence-electron chi connectivity index (χ0n) is 6.89. The first-order valence-electron chi connectivity index (χ1n) is 3.97. The minimum atomic E-state index is 0.192. The summed E-state index contributed by atoms with van der Waals surface area (Å²) >= 11 is 0. The van der Waals surface area contributed by atoms with Gasteiger partial charge in [-0.05, 0) is 20.0 Å². The number of hydrogen-bond donors (Lipinski definition) is 2. The molecule has 0 aromatic carbocycles. The highest BCUT2D eigenvalue weighted by atomic mass is 16.2. The number of carbonyl (C=O) groups excluding carboxylic acids is 1. The lowest BCUT2D eigenvalue weighted by molar-refractivity contribution is -0.129. The van der Waals surface area contributed by atoms with Gasteiger partial charge in [0.25, 0.3) is 0 Å². The van der Waals surface area contributed by atoms with Gasteiger partial charge in [0, 0.05) is 6.54 Å². The van der Waals surface area contributed by atoms with Crippen LogP contribution in [-0.4, -0.2) is 44.2 Å². The summed E-state index contributed by atoms with van der Waals surface area (Å²) in [4.78, 5) is 13.1. The fraction of sp³-hybridized carbons (Fsp3) is 0.857. The first-order valence-corrected chi connectivity index (χ1v) is 3.97. The van der Waals surface area contributed by atoms with E-state index in [1.807, 2.05) is 11.9 Å². The van der Waals surface area contributed by atoms with Gasteiger partial charge in [-0.25, -0.2) is 0 Å². The summed E-state index contributed by atoms with van der Waals surface area (Å²) in [6.45, 7) is 2.97. The minimum Gasteiger partial charge on any atom is -0.329 e. The molecule has 1 amide bonds. The molecule has 1 heterocycles. The molecule has 1 rings (SSSR count). The van der Waals surface area contributed by atoms with Crippen LogP contribution in [0.4, 0.5) is 0 Å². The van der Waals surface area contributed by atoms with E-state index in [1.165, 1.54) is 0 Å². The molecule has 4 nitrogen and oxygen atoms in total. The number of rotatable bonds is 2. The third kappa shape index (κ3) is 2.48. The Labute approximate surface area is 66.9 Å². The van der Waals surface area contributed by atoms with Crippen molar-refractivity contribution >= 4 is 5.91 Å². The minimum absolute atomic E-state index is 0.192. The third-order valence-electron chi connectivity index (χ3n) is 1.76. The van der Waals surface area contributed by atoms with Gasteiger partial charge in [0.15, 0.2) is 0 Å². The van der Waals surface area contributed by atoms with E-state index in [1.54, 1.807) is 0 Å². The Morgan fingerprint density at radius 3 is 3.27 bits per heavy atom. The summed E-state index contributed by atoms with van der Waals surface area (Å²) in [5.41, 5.74) is 0. The highest BCUT2D eigenvalue weighted by Crippen LogP contribution is 1.93. The van der Waals surface area contributed by atoms with Crippen molar-refractivity contribution in [1.82, 2.24) is 15.5 Å². The Balaban J connectivity index is 2.39. The molecule has 0 aromatic rings. The van der Waals surface area contributed by atoms with Gasteiger partial charge in [0.1, 0.15) is 0 Å². The maximum Gasteiger partial charge on any atom is 0.237 e. The predicted molar refractivity (Wildman–Crippen MR) is 43.1 cm³/mol. The summed E-state index contributed by atoms with van der Waals surface area (Å²) in [5.74, 6) is 0.192. The predicted octanol–water partition coefficient (Wildman–Crippen LogP) is -1.01. The first kappa shape index (κ1) is 8.49. The van der Waals surface area contributed by atoms with Crippen LogP contribution in [0.25, 0.3) is 0 Å². The van der Waals surface area contributed by atoms with Crippen LogP contribution < -0.4 is 10.6 Å². The van der Waals surface area contributed by atoms with Crippen LogP contribution in [0, 0.1) is 0 Å². The van der Waals surface area contributed by atoms with Crippen molar-refractivity contribution in [2.75, 3.05) is 33.4 Å². The van der Waals surface area contributed by atoms with Crippen LogP contribution in [-0.2, 0) is 4.79 Å². The van der Waals surface area contributed by atoms with E-state index in [0.29, 0.717) is 13.2 Å². The van der Waals surface area contributed by atoms with E-state index >= 15 is 0 Å². The van der Waals surface area contributed by atoms with E-state index in [2.05, 4.69) is 10.6 Å². The molecule has 1 aliphatic heterocycles. The quantitative estimate of drug-likeness (QED) is 0.539. The molecule has 11 heavy (non-hydrogen) atoms. The Bertz CT molecular complexity index is 138. The average molecular weight is 157 g/mol. The van der Waals surface area contributed by atoms with Crippen LogP contribution in [0.15, 0.2) is 0 Å². The van der Waals surface area contributed by atoms with Crippen molar-refractivity contribution in [3.05, 3.63) is 0 Å². The Hall–Kier alpha value is -0.610. The van der Waals surface area contributed by atoms with E-state index < -0.39 is 0 Å². The molecule has 64 valence electrons. The van der Waals surface area contributed by atoms with Crippen LogP contribution in [0.1, 0.15) is 6.42 Å². The lowest BCUT2D eigenvalue weighted by Gasteiger charge is -2.18. The normalized spacial score (nSPS) is 20.1. The fourth-order valence-electron chi connectivity index (χ4n) is 1.18. The molecular weight excluding hydrogens is 142 g/mol. The van der Waals surface area contributed by atoms with Crippen LogP contribution in [0.3, 0.4) is 0 Å².